The van der Waals surface area contributed by atoms with Gasteiger partial charge in [0.1, 0.15) is 18.2 Å². The van der Waals surface area contributed by atoms with Crippen molar-refractivity contribution in [2.45, 2.75) is 96.4 Å². The standard InChI is InChI=1S/C22H33F4N4O9PS/c1-9(2)37-18(33)11(5)28-40(41,29-12(6)19(34)38-10(3)4)36-8-22(20(25)26)15(24)14(31)17(39-22)30-7-13(23)16(32)27-21(30)35/h7,9-12,14-15,17,20,31H,8H2,1-6H3,(H,27,32,35)(H2,28,29,41)/t11-,12-,14+,15+,17+,22+/m0/s1. The maximum atomic E-state index is 15.4. The van der Waals surface area contributed by atoms with Crippen molar-refractivity contribution in [2.75, 3.05) is 6.61 Å². The number of aromatic nitrogens is 2. The Labute approximate surface area is 237 Å². The van der Waals surface area contributed by atoms with Gasteiger partial charge < -0.3 is 23.8 Å². The van der Waals surface area contributed by atoms with Crippen LogP contribution in [0.15, 0.2) is 15.8 Å². The maximum absolute atomic E-state index is 15.4. The van der Waals surface area contributed by atoms with E-state index in [1.165, 1.54) is 13.8 Å². The molecule has 0 aliphatic carbocycles. The van der Waals surface area contributed by atoms with Crippen LogP contribution in [0.3, 0.4) is 0 Å². The second-order valence-corrected chi connectivity index (χ2v) is 13.2. The number of rotatable bonds is 13. The van der Waals surface area contributed by atoms with Crippen LogP contribution < -0.4 is 21.4 Å². The molecule has 1 aromatic heterocycles. The topological polar surface area (TPSA) is 170 Å². The van der Waals surface area contributed by atoms with Crippen molar-refractivity contribution in [3.05, 3.63) is 32.9 Å². The summed E-state index contributed by atoms with van der Waals surface area (Å²) in [4.78, 5) is 49.8. The quantitative estimate of drug-likeness (QED) is 0.138. The van der Waals surface area contributed by atoms with Gasteiger partial charge in [0.05, 0.1) is 25.0 Å². The molecule has 0 spiro atoms. The van der Waals surface area contributed by atoms with Crippen LogP contribution in [0.1, 0.15) is 47.8 Å². The fraction of sp³-hybridized carbons (Fsp3) is 0.727. The predicted octanol–water partition coefficient (Wildman–Crippen LogP) is 1.01. The molecule has 0 aromatic carbocycles. The van der Waals surface area contributed by atoms with Gasteiger partial charge in [-0.05, 0) is 53.3 Å². The van der Waals surface area contributed by atoms with Crippen LogP contribution in [-0.4, -0.2) is 81.8 Å². The summed E-state index contributed by atoms with van der Waals surface area (Å²) in [6, 6.07) is -2.42. The SMILES string of the molecule is CC(C)OC(=O)[C@H](C)NP(=S)(N[C@@H](C)C(=O)OC(C)C)OC[C@@]1(C(F)F)O[C@@H](n2cc(F)c(=O)[nH]c2=O)[C@H](O)[C@H]1F. The van der Waals surface area contributed by atoms with Crippen molar-refractivity contribution in [2.24, 2.45) is 0 Å². The van der Waals surface area contributed by atoms with Crippen LogP contribution in [0.25, 0.3) is 0 Å². The Morgan fingerprint density at radius 1 is 1.12 bits per heavy atom. The highest BCUT2D eigenvalue weighted by Gasteiger charge is 2.62. The number of aromatic amines is 1. The van der Waals surface area contributed by atoms with Crippen LogP contribution in [0.2, 0.25) is 0 Å². The zero-order valence-electron chi connectivity index (χ0n) is 22.9. The number of nitrogens with one attached hydrogen (secondary N) is 3. The Hall–Kier alpha value is -2.21. The van der Waals surface area contributed by atoms with Gasteiger partial charge in [-0.15, -0.1) is 0 Å². The highest BCUT2D eigenvalue weighted by atomic mass is 32.4. The molecule has 19 heteroatoms. The summed E-state index contributed by atoms with van der Waals surface area (Å²) in [5, 5.41) is 15.6. The number of alkyl halides is 3. The van der Waals surface area contributed by atoms with Crippen molar-refractivity contribution in [3.8, 4) is 0 Å². The van der Waals surface area contributed by atoms with Gasteiger partial charge in [0.2, 0.25) is 5.82 Å². The third-order valence-electron chi connectivity index (χ3n) is 5.58. The molecule has 0 amide bonds. The van der Waals surface area contributed by atoms with Gasteiger partial charge in [-0.3, -0.25) is 23.9 Å². The highest BCUT2D eigenvalue weighted by Crippen LogP contribution is 2.47. The van der Waals surface area contributed by atoms with E-state index in [1.807, 2.05) is 0 Å². The van der Waals surface area contributed by atoms with E-state index in [0.29, 0.717) is 0 Å². The van der Waals surface area contributed by atoms with E-state index in [-0.39, 0.29) is 10.8 Å². The van der Waals surface area contributed by atoms with Gasteiger partial charge in [0.25, 0.3) is 12.0 Å². The minimum absolute atomic E-state index is 0.207. The molecule has 13 nitrogen and oxygen atoms in total. The minimum Gasteiger partial charge on any atom is -0.462 e. The van der Waals surface area contributed by atoms with Crippen molar-refractivity contribution >= 4 is 30.3 Å². The molecule has 1 aliphatic heterocycles. The molecule has 1 saturated heterocycles. The van der Waals surface area contributed by atoms with E-state index in [1.54, 1.807) is 32.7 Å². The van der Waals surface area contributed by atoms with E-state index < -0.39 is 97.0 Å². The van der Waals surface area contributed by atoms with Crippen molar-refractivity contribution in [1.82, 2.24) is 19.7 Å². The second-order valence-electron chi connectivity index (χ2n) is 9.80. The van der Waals surface area contributed by atoms with E-state index in [9.17, 15) is 37.5 Å². The lowest BCUT2D eigenvalue weighted by Crippen LogP contribution is -2.52. The molecule has 0 bridgehead atoms. The highest BCUT2D eigenvalue weighted by molar-refractivity contribution is 8.10. The number of aliphatic hydroxyl groups is 1. The van der Waals surface area contributed by atoms with Crippen LogP contribution in [0, 0.1) is 5.82 Å². The Balaban J connectivity index is 2.42. The lowest BCUT2D eigenvalue weighted by molar-refractivity contribution is -0.182. The molecule has 234 valence electrons. The molecular formula is C22H33F4N4O9PS. The summed E-state index contributed by atoms with van der Waals surface area (Å²) in [6.07, 6.45) is -12.1. The third kappa shape index (κ3) is 8.43. The van der Waals surface area contributed by atoms with Gasteiger partial charge in [-0.1, -0.05) is 0 Å². The van der Waals surface area contributed by atoms with Gasteiger partial charge in [-0.2, -0.15) is 4.39 Å². The summed E-state index contributed by atoms with van der Waals surface area (Å²) in [5.74, 6) is -3.15. The third-order valence-corrected chi connectivity index (χ3v) is 8.47. The van der Waals surface area contributed by atoms with E-state index in [2.05, 4.69) is 10.2 Å². The lowest BCUT2D eigenvalue weighted by Gasteiger charge is -2.35. The molecule has 6 atom stereocenters. The molecule has 2 rings (SSSR count). The van der Waals surface area contributed by atoms with Crippen LogP contribution in [0.4, 0.5) is 17.6 Å². The predicted molar refractivity (Wildman–Crippen MR) is 139 cm³/mol. The van der Waals surface area contributed by atoms with Crippen LogP contribution >= 0.6 is 6.57 Å². The number of carbonyl (C=O) groups excluding carboxylic acids is 2. The first kappa shape index (κ1) is 35.0. The largest absolute Gasteiger partial charge is 0.462 e. The first-order valence-electron chi connectivity index (χ1n) is 12.3. The number of hydrogen-bond donors (Lipinski definition) is 4. The monoisotopic (exact) mass is 636 g/mol. The van der Waals surface area contributed by atoms with Crippen molar-refractivity contribution in [3.63, 3.8) is 0 Å². The summed E-state index contributed by atoms with van der Waals surface area (Å²) in [7, 11) is 0. The summed E-state index contributed by atoms with van der Waals surface area (Å²) in [5.41, 5.74) is -6.08. The van der Waals surface area contributed by atoms with E-state index in [4.69, 9.17) is 30.5 Å². The fourth-order valence-corrected chi connectivity index (χ4v) is 6.54. The molecule has 2 heterocycles. The number of aliphatic hydroxyl groups excluding tert-OH is 1. The normalized spacial score (nSPS) is 24.6. The van der Waals surface area contributed by atoms with Gasteiger partial charge in [0, 0.05) is 0 Å². The van der Waals surface area contributed by atoms with Crippen molar-refractivity contribution < 1.29 is 51.0 Å². The number of esters is 2. The average Bonchev–Trinajstić information content (AvgIpc) is 3.10. The number of hydrogen-bond acceptors (Lipinski definition) is 10. The Morgan fingerprint density at radius 3 is 2.05 bits per heavy atom. The molecule has 1 fully saturated rings. The summed E-state index contributed by atoms with van der Waals surface area (Å²) < 4.78 is 79.0. The zero-order valence-corrected chi connectivity index (χ0v) is 24.6. The summed E-state index contributed by atoms with van der Waals surface area (Å²) >= 11 is 5.46. The molecule has 4 N–H and O–H groups in total. The Kier molecular flexibility index (Phi) is 11.8. The molecular weight excluding hydrogens is 603 g/mol. The molecule has 1 aliphatic rings. The first-order valence-corrected chi connectivity index (χ1v) is 15.1. The average molecular weight is 637 g/mol. The lowest BCUT2D eigenvalue weighted by atomic mass is 9.98. The number of carbonyl (C=O) groups is 2. The van der Waals surface area contributed by atoms with E-state index >= 15 is 4.39 Å². The van der Waals surface area contributed by atoms with Gasteiger partial charge >= 0.3 is 17.6 Å². The minimum atomic E-state index is -3.93. The fourth-order valence-electron chi connectivity index (χ4n) is 3.60. The second kappa shape index (κ2) is 13.8. The van der Waals surface area contributed by atoms with Gasteiger partial charge in [0.15, 0.2) is 24.6 Å². The van der Waals surface area contributed by atoms with Crippen molar-refractivity contribution in [1.29, 1.82) is 0 Å². The molecule has 0 radical (unpaired) electrons. The number of nitrogens with zero attached hydrogens (tertiary/aromatic N) is 1. The summed E-state index contributed by atoms with van der Waals surface area (Å²) in [6.45, 7) is 3.63. The van der Waals surface area contributed by atoms with E-state index in [0.717, 1.165) is 0 Å². The van der Waals surface area contributed by atoms with Crippen LogP contribution in [0.5, 0.6) is 0 Å². The van der Waals surface area contributed by atoms with Gasteiger partial charge in [-0.25, -0.2) is 28.1 Å². The zero-order chi connectivity index (χ0) is 31.4. The molecule has 0 saturated carbocycles. The van der Waals surface area contributed by atoms with Crippen LogP contribution in [-0.2, 0) is 40.1 Å². The number of H-pyrrole nitrogens is 1. The number of ether oxygens (including phenoxy) is 3. The Bertz CT molecular complexity index is 1230. The number of halogens is 4. The smallest absolute Gasteiger partial charge is 0.330 e. The first-order chi connectivity index (χ1) is 18.8. The maximum Gasteiger partial charge on any atom is 0.330 e. The molecule has 0 unspecified atom stereocenters. The molecule has 41 heavy (non-hydrogen) atoms. The molecule has 1 aromatic rings. The Morgan fingerprint density at radius 2 is 1.61 bits per heavy atom.